The zero-order chi connectivity index (χ0) is 12.5. The lowest BCUT2D eigenvalue weighted by Crippen LogP contribution is -2.21. The fourth-order valence-corrected chi connectivity index (χ4v) is 2.88. The maximum absolute atomic E-state index is 10.8. The summed E-state index contributed by atoms with van der Waals surface area (Å²) >= 11 is 0. The minimum atomic E-state index is -0.847. The molecule has 1 N–H and O–H groups in total. The van der Waals surface area contributed by atoms with E-state index in [0.29, 0.717) is 16.9 Å². The molecule has 1 aromatic rings. The minimum absolute atomic E-state index is 0.379. The second-order valence-corrected chi connectivity index (χ2v) is 5.88. The number of carbonyl (C=O) groups is 1. The molecule has 1 fully saturated rings. The van der Waals surface area contributed by atoms with Gasteiger partial charge >= 0.3 is 5.97 Å². The molecule has 2 rings (SSSR count). The van der Waals surface area contributed by atoms with Crippen LogP contribution in [0.25, 0.3) is 0 Å². The molecule has 0 bridgehead atoms. The summed E-state index contributed by atoms with van der Waals surface area (Å²) in [7, 11) is 0. The zero-order valence-corrected chi connectivity index (χ0v) is 10.6. The molecule has 1 saturated carbocycles. The number of benzene rings is 1. The Morgan fingerprint density at radius 1 is 1.29 bits per heavy atom. The Morgan fingerprint density at radius 2 is 1.94 bits per heavy atom. The van der Waals surface area contributed by atoms with Gasteiger partial charge in [0, 0.05) is 0 Å². The highest BCUT2D eigenvalue weighted by atomic mass is 16.4. The van der Waals surface area contributed by atoms with E-state index in [9.17, 15) is 4.79 Å². The highest BCUT2D eigenvalue weighted by Crippen LogP contribution is 2.43. The van der Waals surface area contributed by atoms with E-state index in [1.165, 1.54) is 31.2 Å². The van der Waals surface area contributed by atoms with Crippen LogP contribution in [0.3, 0.4) is 0 Å². The van der Waals surface area contributed by atoms with Crippen molar-refractivity contribution < 1.29 is 9.90 Å². The van der Waals surface area contributed by atoms with Gasteiger partial charge in [0.05, 0.1) is 5.56 Å². The lowest BCUT2D eigenvalue weighted by atomic mass is 9.70. The van der Waals surface area contributed by atoms with Crippen LogP contribution in [-0.4, -0.2) is 11.1 Å². The smallest absolute Gasteiger partial charge is 0.335 e. The van der Waals surface area contributed by atoms with E-state index in [-0.39, 0.29) is 0 Å². The largest absolute Gasteiger partial charge is 0.478 e. The monoisotopic (exact) mass is 232 g/mol. The molecule has 17 heavy (non-hydrogen) atoms. The third-order valence-electron chi connectivity index (χ3n) is 3.83. The normalized spacial score (nSPS) is 23.3. The lowest BCUT2D eigenvalue weighted by molar-refractivity contribution is 0.0697. The van der Waals surface area contributed by atoms with E-state index >= 15 is 0 Å². The molecule has 0 spiro atoms. The van der Waals surface area contributed by atoms with Gasteiger partial charge < -0.3 is 5.11 Å². The van der Waals surface area contributed by atoms with Crippen LogP contribution >= 0.6 is 0 Å². The van der Waals surface area contributed by atoms with Gasteiger partial charge in [-0.3, -0.25) is 0 Å². The summed E-state index contributed by atoms with van der Waals surface area (Å²) in [6, 6.07) is 7.41. The van der Waals surface area contributed by atoms with Crippen molar-refractivity contribution in [1.29, 1.82) is 0 Å². The molecular weight excluding hydrogens is 212 g/mol. The maximum atomic E-state index is 10.8. The lowest BCUT2D eigenvalue weighted by Gasteiger charge is -2.35. The van der Waals surface area contributed by atoms with Gasteiger partial charge in [0.15, 0.2) is 0 Å². The van der Waals surface area contributed by atoms with Crippen LogP contribution in [0.15, 0.2) is 24.3 Å². The first-order chi connectivity index (χ1) is 7.98. The number of hydrogen-bond donors (Lipinski definition) is 1. The van der Waals surface area contributed by atoms with E-state index in [1.54, 1.807) is 12.1 Å². The summed E-state index contributed by atoms with van der Waals surface area (Å²) in [5.74, 6) is -0.248. The van der Waals surface area contributed by atoms with E-state index in [2.05, 4.69) is 13.8 Å². The first-order valence-corrected chi connectivity index (χ1v) is 6.31. The van der Waals surface area contributed by atoms with Crippen LogP contribution in [0.1, 0.15) is 61.4 Å². The van der Waals surface area contributed by atoms with Gasteiger partial charge in [-0.25, -0.2) is 4.79 Å². The molecule has 1 aromatic carbocycles. The Balaban J connectivity index is 2.14. The molecule has 1 aliphatic rings. The molecule has 0 aliphatic heterocycles. The highest BCUT2D eigenvalue weighted by molar-refractivity contribution is 5.87. The van der Waals surface area contributed by atoms with E-state index in [1.807, 2.05) is 12.1 Å². The molecular formula is C15H20O2. The van der Waals surface area contributed by atoms with Crippen LogP contribution in [-0.2, 0) is 0 Å². The van der Waals surface area contributed by atoms with Crippen molar-refractivity contribution in [2.45, 2.75) is 45.4 Å². The van der Waals surface area contributed by atoms with Gasteiger partial charge in [-0.2, -0.15) is 0 Å². The van der Waals surface area contributed by atoms with Crippen LogP contribution in [0.5, 0.6) is 0 Å². The van der Waals surface area contributed by atoms with Crippen LogP contribution in [0.2, 0.25) is 0 Å². The topological polar surface area (TPSA) is 37.3 Å². The van der Waals surface area contributed by atoms with Crippen molar-refractivity contribution in [3.05, 3.63) is 35.4 Å². The second kappa shape index (κ2) is 4.52. The van der Waals surface area contributed by atoms with Crippen LogP contribution in [0.4, 0.5) is 0 Å². The summed E-state index contributed by atoms with van der Waals surface area (Å²) in [6.07, 6.45) is 5.02. The van der Waals surface area contributed by atoms with Crippen molar-refractivity contribution in [3.63, 3.8) is 0 Å². The zero-order valence-electron chi connectivity index (χ0n) is 10.6. The maximum Gasteiger partial charge on any atom is 0.335 e. The molecule has 0 radical (unpaired) electrons. The number of carboxylic acids is 1. The van der Waals surface area contributed by atoms with Crippen molar-refractivity contribution in [2.75, 3.05) is 0 Å². The SMILES string of the molecule is CC1(C)CCCC(c2ccc(C(=O)O)cc2)C1. The quantitative estimate of drug-likeness (QED) is 0.834. The number of carboxylic acid groups (broad SMARTS) is 1. The van der Waals surface area contributed by atoms with Gasteiger partial charge in [-0.1, -0.05) is 32.4 Å². The van der Waals surface area contributed by atoms with E-state index in [4.69, 9.17) is 5.11 Å². The predicted molar refractivity (Wildman–Crippen MR) is 68.4 cm³/mol. The Hall–Kier alpha value is -1.31. The van der Waals surface area contributed by atoms with Crippen molar-refractivity contribution >= 4 is 5.97 Å². The number of hydrogen-bond acceptors (Lipinski definition) is 1. The average molecular weight is 232 g/mol. The summed E-state index contributed by atoms with van der Waals surface area (Å²) in [6.45, 7) is 4.65. The van der Waals surface area contributed by atoms with E-state index in [0.717, 1.165) is 0 Å². The summed E-state index contributed by atoms with van der Waals surface area (Å²) in [5.41, 5.74) is 2.10. The van der Waals surface area contributed by atoms with Gasteiger partial charge in [0.2, 0.25) is 0 Å². The molecule has 0 aromatic heterocycles. The summed E-state index contributed by atoms with van der Waals surface area (Å²) in [4.78, 5) is 10.8. The molecule has 1 atom stereocenters. The first kappa shape index (κ1) is 12.2. The van der Waals surface area contributed by atoms with Crippen molar-refractivity contribution in [2.24, 2.45) is 5.41 Å². The first-order valence-electron chi connectivity index (χ1n) is 6.31. The molecule has 0 heterocycles. The third kappa shape index (κ3) is 2.87. The molecule has 92 valence electrons. The average Bonchev–Trinajstić information content (AvgIpc) is 2.28. The van der Waals surface area contributed by atoms with E-state index < -0.39 is 5.97 Å². The molecule has 1 aliphatic carbocycles. The molecule has 1 unspecified atom stereocenters. The van der Waals surface area contributed by atoms with Crippen molar-refractivity contribution in [3.8, 4) is 0 Å². The van der Waals surface area contributed by atoms with Gasteiger partial charge in [0.1, 0.15) is 0 Å². The minimum Gasteiger partial charge on any atom is -0.478 e. The summed E-state index contributed by atoms with van der Waals surface area (Å²) < 4.78 is 0. The highest BCUT2D eigenvalue weighted by Gasteiger charge is 2.28. The van der Waals surface area contributed by atoms with Gasteiger partial charge in [0.25, 0.3) is 0 Å². The van der Waals surface area contributed by atoms with Crippen molar-refractivity contribution in [1.82, 2.24) is 0 Å². The van der Waals surface area contributed by atoms with Gasteiger partial charge in [-0.15, -0.1) is 0 Å². The predicted octanol–water partition coefficient (Wildman–Crippen LogP) is 4.07. The third-order valence-corrected chi connectivity index (χ3v) is 3.83. The number of rotatable bonds is 2. The Kier molecular flexibility index (Phi) is 3.23. The summed E-state index contributed by atoms with van der Waals surface area (Å²) in [5, 5.41) is 8.87. The second-order valence-electron chi connectivity index (χ2n) is 5.88. The number of aromatic carboxylic acids is 1. The fraction of sp³-hybridized carbons (Fsp3) is 0.533. The molecule has 0 amide bonds. The standard InChI is InChI=1S/C15H20O2/c1-15(2)9-3-4-13(10-15)11-5-7-12(8-6-11)14(16)17/h5-8,13H,3-4,9-10H2,1-2H3,(H,16,17). The Morgan fingerprint density at radius 3 is 2.47 bits per heavy atom. The Bertz CT molecular complexity index is 403. The van der Waals surface area contributed by atoms with Crippen LogP contribution in [0, 0.1) is 5.41 Å². The van der Waals surface area contributed by atoms with Crippen LogP contribution < -0.4 is 0 Å². The van der Waals surface area contributed by atoms with Gasteiger partial charge in [-0.05, 0) is 48.3 Å². The Labute approximate surface area is 103 Å². The molecule has 2 nitrogen and oxygen atoms in total. The molecule has 2 heteroatoms. The fourth-order valence-electron chi connectivity index (χ4n) is 2.88. The molecule has 0 saturated heterocycles.